The summed E-state index contributed by atoms with van der Waals surface area (Å²) in [6, 6.07) is 14.6. The van der Waals surface area contributed by atoms with Gasteiger partial charge in [0.2, 0.25) is 0 Å². The van der Waals surface area contributed by atoms with Gasteiger partial charge in [0.15, 0.2) is 5.82 Å². The molecule has 0 unspecified atom stereocenters. The lowest BCUT2D eigenvalue weighted by Gasteiger charge is -2.13. The minimum absolute atomic E-state index is 0.396. The number of hydrogen-bond donors (Lipinski definition) is 0. The maximum atomic E-state index is 4.97. The smallest absolute Gasteiger partial charge is 0.174 e. The van der Waals surface area contributed by atoms with Gasteiger partial charge in [-0.15, -0.1) is 0 Å². The van der Waals surface area contributed by atoms with E-state index < -0.39 is 0 Å². The number of aryl methyl sites for hydroxylation is 2. The number of aromatic nitrogens is 2. The highest BCUT2D eigenvalue weighted by Gasteiger charge is 2.13. The lowest BCUT2D eigenvalue weighted by atomic mass is 9.98. The third kappa shape index (κ3) is 5.18. The van der Waals surface area contributed by atoms with Crippen LogP contribution in [0.5, 0.6) is 0 Å². The molecule has 0 aliphatic carbocycles. The van der Waals surface area contributed by atoms with Gasteiger partial charge >= 0.3 is 0 Å². The van der Waals surface area contributed by atoms with Gasteiger partial charge < -0.3 is 0 Å². The van der Waals surface area contributed by atoms with Crippen LogP contribution in [-0.4, -0.2) is 21.4 Å². The zero-order valence-electron chi connectivity index (χ0n) is 20.6. The van der Waals surface area contributed by atoms with Crippen molar-refractivity contribution in [3.63, 3.8) is 0 Å². The Balaban J connectivity index is 2.02. The van der Waals surface area contributed by atoms with Crippen LogP contribution in [-0.2, 0) is 0 Å². The molecule has 0 radical (unpaired) electrons. The average Bonchev–Trinajstić information content (AvgIpc) is 2.76. The topological polar surface area (TPSA) is 50.5 Å². The van der Waals surface area contributed by atoms with Crippen LogP contribution in [0.1, 0.15) is 87.2 Å². The molecule has 0 saturated heterocycles. The molecule has 4 heteroatoms. The highest BCUT2D eigenvalue weighted by atomic mass is 14.9. The third-order valence-corrected chi connectivity index (χ3v) is 5.69. The molecule has 3 rings (SSSR count). The van der Waals surface area contributed by atoms with E-state index in [0.717, 1.165) is 34.1 Å². The van der Waals surface area contributed by atoms with E-state index >= 15 is 0 Å². The molecule has 3 aromatic rings. The fourth-order valence-electron chi connectivity index (χ4n) is 3.78. The summed E-state index contributed by atoms with van der Waals surface area (Å²) in [7, 11) is 0. The summed E-state index contributed by atoms with van der Waals surface area (Å²) in [6.45, 7) is 17.0. The Kier molecular flexibility index (Phi) is 7.34. The van der Waals surface area contributed by atoms with Gasteiger partial charge in [-0.05, 0) is 67.9 Å². The van der Waals surface area contributed by atoms with E-state index in [-0.39, 0.29) is 0 Å². The van der Waals surface area contributed by atoms with Gasteiger partial charge in [0.1, 0.15) is 0 Å². The molecule has 2 aromatic carbocycles. The van der Waals surface area contributed by atoms with E-state index in [2.05, 4.69) is 82.9 Å². The third-order valence-electron chi connectivity index (χ3n) is 5.69. The van der Waals surface area contributed by atoms with Crippen molar-refractivity contribution in [3.8, 4) is 0 Å². The van der Waals surface area contributed by atoms with Crippen molar-refractivity contribution < 1.29 is 0 Å². The number of rotatable bonds is 6. The van der Waals surface area contributed by atoms with E-state index in [0.29, 0.717) is 17.7 Å². The minimum atomic E-state index is 0.396. The van der Waals surface area contributed by atoms with Crippen LogP contribution in [0.25, 0.3) is 0 Å². The van der Waals surface area contributed by atoms with Gasteiger partial charge in [-0.25, -0.2) is 15.0 Å². The number of hydrogen-bond acceptors (Lipinski definition) is 4. The molecular weight excluding hydrogens is 392 g/mol. The van der Waals surface area contributed by atoms with Crippen LogP contribution < -0.4 is 0 Å². The second-order valence-corrected chi connectivity index (χ2v) is 8.99. The molecule has 0 spiro atoms. The zero-order chi connectivity index (χ0) is 23.4. The number of nitrogens with zero attached hydrogens (tertiary/aromatic N) is 4. The van der Waals surface area contributed by atoms with Gasteiger partial charge in [-0.3, -0.25) is 4.99 Å². The lowest BCUT2D eigenvalue weighted by Crippen LogP contribution is -2.08. The average molecular weight is 427 g/mol. The molecule has 1 aromatic heterocycles. The molecule has 32 heavy (non-hydrogen) atoms. The van der Waals surface area contributed by atoms with Crippen molar-refractivity contribution in [2.45, 2.75) is 67.2 Å². The van der Waals surface area contributed by atoms with Crippen LogP contribution in [0.15, 0.2) is 58.6 Å². The Labute approximate surface area is 192 Å². The molecule has 166 valence electrons. The summed E-state index contributed by atoms with van der Waals surface area (Å²) in [5, 5.41) is 0. The Bertz CT molecular complexity index is 1080. The Morgan fingerprint density at radius 2 is 1.22 bits per heavy atom. The number of benzene rings is 2. The second-order valence-electron chi connectivity index (χ2n) is 8.99. The lowest BCUT2D eigenvalue weighted by molar-refractivity contribution is 0.865. The van der Waals surface area contributed by atoms with Crippen molar-refractivity contribution in [1.29, 1.82) is 0 Å². The SMILES string of the molecule is CC(=Nc1c(C)cccc1C(C)C)c1ccnc(C(C)=Nc2c(C)cccc2C(C)C)n1. The monoisotopic (exact) mass is 426 g/mol. The molecule has 0 aliphatic rings. The first kappa shape index (κ1) is 23.5. The van der Waals surface area contributed by atoms with E-state index in [1.165, 1.54) is 16.7 Å². The first-order chi connectivity index (χ1) is 15.2. The highest BCUT2D eigenvalue weighted by molar-refractivity contribution is 6.01. The van der Waals surface area contributed by atoms with E-state index in [9.17, 15) is 0 Å². The predicted octanol–water partition coefficient (Wildman–Crippen LogP) is 7.62. The van der Waals surface area contributed by atoms with Gasteiger partial charge in [0.25, 0.3) is 0 Å². The van der Waals surface area contributed by atoms with Crippen molar-refractivity contribution in [1.82, 2.24) is 9.97 Å². The standard InChI is InChI=1S/C28H34N4/c1-17(2)23-13-9-11-19(5)26(23)30-21(7)25-15-16-29-28(32-25)22(8)31-27-20(6)12-10-14-24(27)18(3)4/h9-18H,1-8H3. The first-order valence-corrected chi connectivity index (χ1v) is 11.3. The molecular formula is C28H34N4. The molecule has 0 atom stereocenters. The van der Waals surface area contributed by atoms with Crippen LogP contribution in [0.2, 0.25) is 0 Å². The van der Waals surface area contributed by atoms with Crippen LogP contribution in [0.3, 0.4) is 0 Å². The molecule has 0 N–H and O–H groups in total. The van der Waals surface area contributed by atoms with E-state index in [1.807, 2.05) is 19.9 Å². The minimum Gasteiger partial charge on any atom is -0.251 e. The van der Waals surface area contributed by atoms with Crippen molar-refractivity contribution >= 4 is 22.8 Å². The summed E-state index contributed by atoms with van der Waals surface area (Å²) in [5.74, 6) is 1.43. The van der Waals surface area contributed by atoms with Gasteiger partial charge in [-0.2, -0.15) is 0 Å². The maximum absolute atomic E-state index is 4.97. The molecule has 1 heterocycles. The predicted molar refractivity (Wildman–Crippen MR) is 136 cm³/mol. The number of aliphatic imine (C=N–C) groups is 2. The first-order valence-electron chi connectivity index (χ1n) is 11.3. The molecule has 0 aliphatic heterocycles. The molecule has 4 nitrogen and oxygen atoms in total. The van der Waals surface area contributed by atoms with Gasteiger partial charge in [0.05, 0.1) is 28.5 Å². The molecule has 0 fully saturated rings. The summed E-state index contributed by atoms with van der Waals surface area (Å²) in [4.78, 5) is 19.2. The maximum Gasteiger partial charge on any atom is 0.174 e. The molecule has 0 saturated carbocycles. The van der Waals surface area contributed by atoms with Crippen LogP contribution in [0, 0.1) is 13.8 Å². The second kappa shape index (κ2) is 9.99. The van der Waals surface area contributed by atoms with Gasteiger partial charge in [0, 0.05) is 6.20 Å². The van der Waals surface area contributed by atoms with E-state index in [1.54, 1.807) is 6.20 Å². The van der Waals surface area contributed by atoms with Gasteiger partial charge in [-0.1, -0.05) is 64.1 Å². The zero-order valence-corrected chi connectivity index (χ0v) is 20.6. The fraction of sp³-hybridized carbons (Fsp3) is 0.357. The summed E-state index contributed by atoms with van der Waals surface area (Å²) >= 11 is 0. The van der Waals surface area contributed by atoms with Crippen LogP contribution >= 0.6 is 0 Å². The summed E-state index contributed by atoms with van der Waals surface area (Å²) in [6.07, 6.45) is 1.79. The Hall–Kier alpha value is -3.14. The van der Waals surface area contributed by atoms with Crippen molar-refractivity contribution in [2.24, 2.45) is 9.98 Å². The number of para-hydroxylation sites is 2. The summed E-state index contributed by atoms with van der Waals surface area (Å²) in [5.41, 5.74) is 9.35. The van der Waals surface area contributed by atoms with E-state index in [4.69, 9.17) is 15.0 Å². The molecule has 0 amide bonds. The quantitative estimate of drug-likeness (QED) is 0.381. The van der Waals surface area contributed by atoms with Crippen LogP contribution in [0.4, 0.5) is 11.4 Å². The fourth-order valence-corrected chi connectivity index (χ4v) is 3.78. The van der Waals surface area contributed by atoms with Crippen molar-refractivity contribution in [2.75, 3.05) is 0 Å². The normalized spacial score (nSPS) is 12.7. The Morgan fingerprint density at radius 1 is 0.719 bits per heavy atom. The summed E-state index contributed by atoms with van der Waals surface area (Å²) < 4.78 is 0. The largest absolute Gasteiger partial charge is 0.251 e. The molecule has 0 bridgehead atoms. The highest BCUT2D eigenvalue weighted by Crippen LogP contribution is 2.31. The Morgan fingerprint density at radius 3 is 1.72 bits per heavy atom. The van der Waals surface area contributed by atoms with Crippen molar-refractivity contribution in [3.05, 3.63) is 82.4 Å².